The molecule has 5 nitrogen and oxygen atoms in total. The summed E-state index contributed by atoms with van der Waals surface area (Å²) in [5.41, 5.74) is 0.346. The fourth-order valence-electron chi connectivity index (χ4n) is 1.92. The lowest BCUT2D eigenvalue weighted by Gasteiger charge is -2.28. The Morgan fingerprint density at radius 2 is 2.24 bits per heavy atom. The highest BCUT2D eigenvalue weighted by molar-refractivity contribution is 5.61. The van der Waals surface area contributed by atoms with Gasteiger partial charge in [0.2, 0.25) is 0 Å². The Bertz CT molecular complexity index is 413. The van der Waals surface area contributed by atoms with E-state index in [9.17, 15) is 14.5 Å². The Balaban J connectivity index is 2.14. The topological polar surface area (TPSA) is 67.2 Å². The molecule has 17 heavy (non-hydrogen) atoms. The van der Waals surface area contributed by atoms with Gasteiger partial charge in [-0.05, 0) is 19.0 Å². The zero-order valence-electron chi connectivity index (χ0n) is 9.23. The Kier molecular flexibility index (Phi) is 3.53. The number of rotatable bonds is 3. The Hall–Kier alpha value is -1.69. The van der Waals surface area contributed by atoms with Crippen LogP contribution in [-0.2, 0) is 0 Å². The SMILES string of the molecule is O=[N+]([O-])c1ccccc1NC1CNCCC1F. The molecule has 1 saturated heterocycles. The van der Waals surface area contributed by atoms with Crippen molar-refractivity contribution in [3.63, 3.8) is 0 Å². The van der Waals surface area contributed by atoms with E-state index in [2.05, 4.69) is 10.6 Å². The van der Waals surface area contributed by atoms with Crippen LogP contribution in [0.5, 0.6) is 0 Å². The molecule has 0 radical (unpaired) electrons. The molecule has 2 unspecified atom stereocenters. The Morgan fingerprint density at radius 1 is 1.47 bits per heavy atom. The zero-order chi connectivity index (χ0) is 12.3. The van der Waals surface area contributed by atoms with E-state index in [1.807, 2.05) is 0 Å². The van der Waals surface area contributed by atoms with Gasteiger partial charge in [-0.3, -0.25) is 10.1 Å². The van der Waals surface area contributed by atoms with E-state index in [1.165, 1.54) is 6.07 Å². The summed E-state index contributed by atoms with van der Waals surface area (Å²) in [4.78, 5) is 10.3. The van der Waals surface area contributed by atoms with Crippen molar-refractivity contribution in [3.05, 3.63) is 34.4 Å². The van der Waals surface area contributed by atoms with Gasteiger partial charge in [-0.15, -0.1) is 0 Å². The number of halogens is 1. The number of nitrogens with one attached hydrogen (secondary N) is 2. The highest BCUT2D eigenvalue weighted by atomic mass is 19.1. The maximum Gasteiger partial charge on any atom is 0.292 e. The number of piperidine rings is 1. The molecule has 0 aliphatic carbocycles. The van der Waals surface area contributed by atoms with Gasteiger partial charge in [-0.2, -0.15) is 0 Å². The van der Waals surface area contributed by atoms with Crippen molar-refractivity contribution in [2.75, 3.05) is 18.4 Å². The largest absolute Gasteiger partial charge is 0.373 e. The van der Waals surface area contributed by atoms with Gasteiger partial charge in [0.15, 0.2) is 0 Å². The Labute approximate surface area is 98.2 Å². The molecule has 2 atom stereocenters. The molecular weight excluding hydrogens is 225 g/mol. The van der Waals surface area contributed by atoms with Crippen LogP contribution in [0.15, 0.2) is 24.3 Å². The summed E-state index contributed by atoms with van der Waals surface area (Å²) in [6.07, 6.45) is -0.547. The maximum atomic E-state index is 13.6. The molecule has 1 aromatic carbocycles. The molecule has 1 aliphatic heterocycles. The molecule has 6 heteroatoms. The van der Waals surface area contributed by atoms with E-state index in [4.69, 9.17) is 0 Å². The lowest BCUT2D eigenvalue weighted by molar-refractivity contribution is -0.384. The average molecular weight is 239 g/mol. The smallest absolute Gasteiger partial charge is 0.292 e. The van der Waals surface area contributed by atoms with E-state index >= 15 is 0 Å². The van der Waals surface area contributed by atoms with Crippen molar-refractivity contribution in [1.82, 2.24) is 5.32 Å². The predicted molar refractivity (Wildman–Crippen MR) is 62.9 cm³/mol. The average Bonchev–Trinajstić information content (AvgIpc) is 2.32. The number of para-hydroxylation sites is 2. The molecule has 2 N–H and O–H groups in total. The van der Waals surface area contributed by atoms with E-state index < -0.39 is 17.1 Å². The first-order chi connectivity index (χ1) is 8.18. The predicted octanol–water partition coefficient (Wildman–Crippen LogP) is 1.71. The summed E-state index contributed by atoms with van der Waals surface area (Å²) >= 11 is 0. The van der Waals surface area contributed by atoms with Crippen LogP contribution in [0.25, 0.3) is 0 Å². The molecule has 0 saturated carbocycles. The first-order valence-corrected chi connectivity index (χ1v) is 5.53. The summed E-state index contributed by atoms with van der Waals surface area (Å²) in [7, 11) is 0. The first kappa shape index (κ1) is 11.8. The van der Waals surface area contributed by atoms with Crippen molar-refractivity contribution in [2.24, 2.45) is 0 Å². The number of benzene rings is 1. The normalized spacial score (nSPS) is 24.3. The van der Waals surface area contributed by atoms with E-state index in [1.54, 1.807) is 18.2 Å². The first-order valence-electron chi connectivity index (χ1n) is 5.53. The number of nitrogens with zero attached hydrogens (tertiary/aromatic N) is 1. The standard InChI is InChI=1S/C11H14FN3O2/c12-8-5-6-13-7-10(8)14-9-3-1-2-4-11(9)15(16)17/h1-4,8,10,13-14H,5-7H2. The van der Waals surface area contributed by atoms with Gasteiger partial charge in [0, 0.05) is 12.6 Å². The minimum atomic E-state index is -0.976. The van der Waals surface area contributed by atoms with E-state index in [0.29, 0.717) is 25.2 Å². The van der Waals surface area contributed by atoms with Crippen molar-refractivity contribution in [3.8, 4) is 0 Å². The highest BCUT2D eigenvalue weighted by Crippen LogP contribution is 2.25. The van der Waals surface area contributed by atoms with Crippen molar-refractivity contribution >= 4 is 11.4 Å². The zero-order valence-corrected chi connectivity index (χ0v) is 9.23. The lowest BCUT2D eigenvalue weighted by Crippen LogP contribution is -2.46. The van der Waals surface area contributed by atoms with Crippen LogP contribution in [0.4, 0.5) is 15.8 Å². The number of nitro benzene ring substituents is 1. The van der Waals surface area contributed by atoms with Crippen molar-refractivity contribution < 1.29 is 9.31 Å². The van der Waals surface area contributed by atoms with Gasteiger partial charge in [0.05, 0.1) is 11.0 Å². The maximum absolute atomic E-state index is 13.6. The fraction of sp³-hybridized carbons (Fsp3) is 0.455. The van der Waals surface area contributed by atoms with Crippen LogP contribution in [0.2, 0.25) is 0 Å². The number of hydrogen-bond acceptors (Lipinski definition) is 4. The molecule has 2 rings (SSSR count). The van der Waals surface area contributed by atoms with E-state index in [-0.39, 0.29) is 5.69 Å². The third kappa shape index (κ3) is 2.71. The molecule has 0 bridgehead atoms. The van der Waals surface area contributed by atoms with Crippen LogP contribution in [0, 0.1) is 10.1 Å². The number of alkyl halides is 1. The molecule has 1 aromatic rings. The lowest BCUT2D eigenvalue weighted by atomic mass is 10.0. The van der Waals surface area contributed by atoms with Crippen LogP contribution in [-0.4, -0.2) is 30.2 Å². The quantitative estimate of drug-likeness (QED) is 0.622. The van der Waals surface area contributed by atoms with Crippen molar-refractivity contribution in [2.45, 2.75) is 18.6 Å². The summed E-state index contributed by atoms with van der Waals surface area (Å²) < 4.78 is 13.6. The molecule has 92 valence electrons. The summed E-state index contributed by atoms with van der Waals surface area (Å²) in [6.45, 7) is 1.13. The molecular formula is C11H14FN3O2. The third-order valence-electron chi connectivity index (χ3n) is 2.84. The summed E-state index contributed by atoms with van der Waals surface area (Å²) in [5.74, 6) is 0. The molecule has 1 aliphatic rings. The van der Waals surface area contributed by atoms with Crippen LogP contribution in [0.1, 0.15) is 6.42 Å². The molecule has 0 spiro atoms. The monoisotopic (exact) mass is 239 g/mol. The van der Waals surface area contributed by atoms with Gasteiger partial charge >= 0.3 is 0 Å². The number of hydrogen-bond donors (Lipinski definition) is 2. The molecule has 0 aromatic heterocycles. The van der Waals surface area contributed by atoms with Crippen LogP contribution in [0.3, 0.4) is 0 Å². The third-order valence-corrected chi connectivity index (χ3v) is 2.84. The second-order valence-electron chi connectivity index (χ2n) is 4.03. The van der Waals surface area contributed by atoms with Gasteiger partial charge < -0.3 is 10.6 Å². The van der Waals surface area contributed by atoms with Gasteiger partial charge in [0.1, 0.15) is 11.9 Å². The van der Waals surface area contributed by atoms with Gasteiger partial charge in [-0.1, -0.05) is 12.1 Å². The number of anilines is 1. The molecule has 0 amide bonds. The van der Waals surface area contributed by atoms with E-state index in [0.717, 1.165) is 0 Å². The van der Waals surface area contributed by atoms with Crippen LogP contribution < -0.4 is 10.6 Å². The second kappa shape index (κ2) is 5.09. The highest BCUT2D eigenvalue weighted by Gasteiger charge is 2.26. The van der Waals surface area contributed by atoms with Gasteiger partial charge in [0.25, 0.3) is 5.69 Å². The molecule has 1 heterocycles. The van der Waals surface area contributed by atoms with Crippen LogP contribution >= 0.6 is 0 Å². The summed E-state index contributed by atoms with van der Waals surface area (Å²) in [5, 5.41) is 16.8. The minimum Gasteiger partial charge on any atom is -0.373 e. The second-order valence-corrected chi connectivity index (χ2v) is 4.03. The molecule has 1 fully saturated rings. The number of nitro groups is 1. The Morgan fingerprint density at radius 3 is 2.94 bits per heavy atom. The van der Waals surface area contributed by atoms with Gasteiger partial charge in [-0.25, -0.2) is 4.39 Å². The van der Waals surface area contributed by atoms with Crippen molar-refractivity contribution in [1.29, 1.82) is 0 Å². The summed E-state index contributed by atoms with van der Waals surface area (Å²) in [6, 6.07) is 5.88. The minimum absolute atomic E-state index is 0.0229. The fourth-order valence-corrected chi connectivity index (χ4v) is 1.92.